The number of hydrogen-bond acceptors (Lipinski definition) is 3. The van der Waals surface area contributed by atoms with Gasteiger partial charge in [-0.1, -0.05) is 48.5 Å². The molecule has 0 aromatic heterocycles. The minimum absolute atomic E-state index is 0.00587. The van der Waals surface area contributed by atoms with Crippen LogP contribution in [0.1, 0.15) is 42.5 Å². The average Bonchev–Trinajstić information content (AvgIpc) is 2.80. The number of carbonyl (C=O) groups is 1. The monoisotopic (exact) mass is 450 g/mol. The van der Waals surface area contributed by atoms with Gasteiger partial charge in [-0.25, -0.2) is 8.42 Å². The highest BCUT2D eigenvalue weighted by Gasteiger charge is 2.32. The molecule has 1 unspecified atom stereocenters. The number of fused-ring (bicyclic) bond motifs is 1. The zero-order chi connectivity index (χ0) is 22.9. The molecule has 1 atom stereocenters. The van der Waals surface area contributed by atoms with Crippen LogP contribution in [0.25, 0.3) is 10.8 Å². The highest BCUT2D eigenvalue weighted by Crippen LogP contribution is 2.27. The van der Waals surface area contributed by atoms with Crippen molar-refractivity contribution in [1.82, 2.24) is 9.62 Å². The summed E-state index contributed by atoms with van der Waals surface area (Å²) >= 11 is 0. The summed E-state index contributed by atoms with van der Waals surface area (Å²) in [7, 11) is -3.54. The maximum Gasteiger partial charge on any atom is 0.243 e. The van der Waals surface area contributed by atoms with Crippen LogP contribution in [-0.2, 0) is 14.8 Å². The molecule has 168 valence electrons. The third-order valence-electron chi connectivity index (χ3n) is 6.59. The predicted molar refractivity (Wildman–Crippen MR) is 128 cm³/mol. The van der Waals surface area contributed by atoms with Crippen LogP contribution in [0, 0.1) is 19.8 Å². The number of carbonyl (C=O) groups excluding carboxylic acids is 1. The second-order valence-corrected chi connectivity index (χ2v) is 10.7. The van der Waals surface area contributed by atoms with Crippen LogP contribution in [0.3, 0.4) is 0 Å². The number of sulfonamides is 1. The van der Waals surface area contributed by atoms with Gasteiger partial charge in [0.2, 0.25) is 15.9 Å². The van der Waals surface area contributed by atoms with Crippen LogP contribution in [0.5, 0.6) is 0 Å². The lowest BCUT2D eigenvalue weighted by molar-refractivity contribution is -0.126. The molecule has 0 saturated carbocycles. The first-order chi connectivity index (χ1) is 15.3. The van der Waals surface area contributed by atoms with Crippen LogP contribution >= 0.6 is 0 Å². The van der Waals surface area contributed by atoms with E-state index in [1.54, 1.807) is 12.1 Å². The third kappa shape index (κ3) is 4.43. The standard InChI is InChI=1S/C26H30N2O3S/c1-18-11-12-23(17-19(18)2)32(30,31)28-15-13-22(14-16-28)26(29)27-20(3)24-10-6-8-21-7-4-5-9-25(21)24/h4-12,17,20,22H,13-16H2,1-3H3,(H,27,29). The lowest BCUT2D eigenvalue weighted by Gasteiger charge is -2.31. The Morgan fingerprint density at radius 3 is 2.38 bits per heavy atom. The van der Waals surface area contributed by atoms with Gasteiger partial charge in [-0.3, -0.25) is 4.79 Å². The average molecular weight is 451 g/mol. The van der Waals surface area contributed by atoms with Gasteiger partial charge < -0.3 is 5.32 Å². The summed E-state index contributed by atoms with van der Waals surface area (Å²) in [4.78, 5) is 13.3. The summed E-state index contributed by atoms with van der Waals surface area (Å²) in [5.74, 6) is -0.188. The highest BCUT2D eigenvalue weighted by atomic mass is 32.2. The first-order valence-electron chi connectivity index (χ1n) is 11.1. The molecule has 3 aromatic rings. The molecule has 32 heavy (non-hydrogen) atoms. The summed E-state index contributed by atoms with van der Waals surface area (Å²) < 4.78 is 27.6. The largest absolute Gasteiger partial charge is 0.349 e. The van der Waals surface area contributed by atoms with Gasteiger partial charge in [0, 0.05) is 19.0 Å². The van der Waals surface area contributed by atoms with E-state index in [1.165, 1.54) is 4.31 Å². The van der Waals surface area contributed by atoms with Crippen LogP contribution in [0.15, 0.2) is 65.6 Å². The molecular weight excluding hydrogens is 420 g/mol. The summed E-state index contributed by atoms with van der Waals surface area (Å²) in [5.41, 5.74) is 3.12. The van der Waals surface area contributed by atoms with E-state index in [9.17, 15) is 13.2 Å². The maximum atomic E-state index is 13.0. The molecule has 1 N–H and O–H groups in total. The molecule has 1 fully saturated rings. The molecule has 0 radical (unpaired) electrons. The Balaban J connectivity index is 1.40. The van der Waals surface area contributed by atoms with Crippen molar-refractivity contribution in [2.24, 2.45) is 5.92 Å². The Morgan fingerprint density at radius 2 is 1.66 bits per heavy atom. The molecule has 0 aliphatic carbocycles. The van der Waals surface area contributed by atoms with Gasteiger partial charge >= 0.3 is 0 Å². The van der Waals surface area contributed by atoms with E-state index in [0.717, 1.165) is 27.5 Å². The van der Waals surface area contributed by atoms with Crippen molar-refractivity contribution in [3.63, 3.8) is 0 Å². The minimum atomic E-state index is -3.54. The number of rotatable bonds is 5. The van der Waals surface area contributed by atoms with E-state index >= 15 is 0 Å². The Morgan fingerprint density at radius 1 is 0.969 bits per heavy atom. The lowest BCUT2D eigenvalue weighted by atomic mass is 9.95. The normalized spacial score (nSPS) is 16.7. The Labute approximate surface area is 190 Å². The van der Waals surface area contributed by atoms with Crippen molar-refractivity contribution in [1.29, 1.82) is 0 Å². The van der Waals surface area contributed by atoms with Crippen molar-refractivity contribution in [3.8, 4) is 0 Å². The fourth-order valence-corrected chi connectivity index (χ4v) is 5.97. The van der Waals surface area contributed by atoms with E-state index < -0.39 is 10.0 Å². The van der Waals surface area contributed by atoms with Crippen molar-refractivity contribution in [2.45, 2.75) is 44.6 Å². The van der Waals surface area contributed by atoms with Gasteiger partial charge in [-0.05, 0) is 73.2 Å². The van der Waals surface area contributed by atoms with Gasteiger partial charge in [-0.15, -0.1) is 0 Å². The van der Waals surface area contributed by atoms with Crippen LogP contribution in [0.4, 0.5) is 0 Å². The molecule has 1 aliphatic heterocycles. The number of aryl methyl sites for hydroxylation is 2. The number of piperidine rings is 1. The summed E-state index contributed by atoms with van der Waals surface area (Å²) in [5, 5.41) is 5.44. The Hall–Kier alpha value is -2.70. The van der Waals surface area contributed by atoms with E-state index in [1.807, 2.05) is 51.1 Å². The van der Waals surface area contributed by atoms with Crippen LogP contribution in [-0.4, -0.2) is 31.7 Å². The maximum absolute atomic E-state index is 13.0. The Bertz CT molecular complexity index is 1240. The number of benzene rings is 3. The van der Waals surface area contributed by atoms with E-state index in [0.29, 0.717) is 30.8 Å². The first-order valence-corrected chi connectivity index (χ1v) is 12.6. The predicted octanol–water partition coefficient (Wildman–Crippen LogP) is 4.73. The zero-order valence-electron chi connectivity index (χ0n) is 18.8. The second-order valence-electron chi connectivity index (χ2n) is 8.72. The molecule has 1 amide bonds. The SMILES string of the molecule is Cc1ccc(S(=O)(=O)N2CCC(C(=O)NC(C)c3cccc4ccccc34)CC2)cc1C. The van der Waals surface area contributed by atoms with Gasteiger partial charge in [0.25, 0.3) is 0 Å². The molecule has 4 rings (SSSR count). The van der Waals surface area contributed by atoms with Gasteiger partial charge in [0.1, 0.15) is 0 Å². The lowest BCUT2D eigenvalue weighted by Crippen LogP contribution is -2.43. The zero-order valence-corrected chi connectivity index (χ0v) is 19.7. The molecule has 1 heterocycles. The minimum Gasteiger partial charge on any atom is -0.349 e. The molecule has 0 bridgehead atoms. The molecule has 6 heteroatoms. The van der Waals surface area contributed by atoms with E-state index in [2.05, 4.69) is 23.5 Å². The smallest absolute Gasteiger partial charge is 0.243 e. The highest BCUT2D eigenvalue weighted by molar-refractivity contribution is 7.89. The number of nitrogens with zero attached hydrogens (tertiary/aromatic N) is 1. The molecule has 5 nitrogen and oxygen atoms in total. The second kappa shape index (κ2) is 9.04. The van der Waals surface area contributed by atoms with E-state index in [4.69, 9.17) is 0 Å². The van der Waals surface area contributed by atoms with Crippen molar-refractivity contribution in [2.75, 3.05) is 13.1 Å². The quantitative estimate of drug-likeness (QED) is 0.611. The molecular formula is C26H30N2O3S. The topological polar surface area (TPSA) is 66.5 Å². The number of hydrogen-bond donors (Lipinski definition) is 1. The number of amides is 1. The summed E-state index contributed by atoms with van der Waals surface area (Å²) in [6, 6.07) is 19.4. The fraction of sp³-hybridized carbons (Fsp3) is 0.346. The van der Waals surface area contributed by atoms with Crippen molar-refractivity contribution < 1.29 is 13.2 Å². The van der Waals surface area contributed by atoms with Crippen LogP contribution < -0.4 is 5.32 Å². The third-order valence-corrected chi connectivity index (χ3v) is 8.48. The van der Waals surface area contributed by atoms with Crippen LogP contribution in [0.2, 0.25) is 0 Å². The molecule has 1 aliphatic rings. The summed E-state index contributed by atoms with van der Waals surface area (Å²) in [6.45, 7) is 6.60. The van der Waals surface area contributed by atoms with Gasteiger partial charge in [0.15, 0.2) is 0 Å². The molecule has 3 aromatic carbocycles. The summed E-state index contributed by atoms with van der Waals surface area (Å²) in [6.07, 6.45) is 1.05. The van der Waals surface area contributed by atoms with E-state index in [-0.39, 0.29) is 17.9 Å². The van der Waals surface area contributed by atoms with Crippen molar-refractivity contribution >= 4 is 26.7 Å². The van der Waals surface area contributed by atoms with Gasteiger partial charge in [0.05, 0.1) is 10.9 Å². The van der Waals surface area contributed by atoms with Gasteiger partial charge in [-0.2, -0.15) is 4.31 Å². The molecule has 1 saturated heterocycles. The Kier molecular flexibility index (Phi) is 6.35. The van der Waals surface area contributed by atoms with Crippen molar-refractivity contribution in [3.05, 3.63) is 77.4 Å². The first kappa shape index (κ1) is 22.5. The molecule has 0 spiro atoms. The fourth-order valence-electron chi connectivity index (χ4n) is 4.42. The number of nitrogens with one attached hydrogen (secondary N) is 1.